The predicted octanol–water partition coefficient (Wildman–Crippen LogP) is 3.28. The van der Waals surface area contributed by atoms with Crippen LogP contribution in [0.1, 0.15) is 26.3 Å². The van der Waals surface area contributed by atoms with Crippen LogP contribution in [0.3, 0.4) is 0 Å². The number of nitro benzene ring substituents is 1. The molecule has 0 aromatic heterocycles. The van der Waals surface area contributed by atoms with Gasteiger partial charge in [-0.1, -0.05) is 12.1 Å². The number of nitrogens with zero attached hydrogens (tertiary/aromatic N) is 2. The highest BCUT2D eigenvalue weighted by Gasteiger charge is 2.11. The molecule has 9 nitrogen and oxygen atoms in total. The summed E-state index contributed by atoms with van der Waals surface area (Å²) in [6, 6.07) is 17.2. The molecular weight excluding hydrogens is 390 g/mol. The number of esters is 1. The number of phenolic OH excluding ortho intramolecular Hbond substituents is 1. The van der Waals surface area contributed by atoms with Gasteiger partial charge in [0.25, 0.3) is 11.6 Å². The normalized spacial score (nSPS) is 10.5. The highest BCUT2D eigenvalue weighted by Crippen LogP contribution is 2.17. The summed E-state index contributed by atoms with van der Waals surface area (Å²) in [5.74, 6) is -0.825. The topological polar surface area (TPSA) is 131 Å². The molecule has 0 fully saturated rings. The molecule has 0 radical (unpaired) electrons. The molecule has 0 aliphatic rings. The summed E-state index contributed by atoms with van der Waals surface area (Å²) in [6.07, 6.45) is 1.38. The van der Waals surface area contributed by atoms with Crippen LogP contribution in [0.2, 0.25) is 0 Å². The van der Waals surface area contributed by atoms with Gasteiger partial charge in [0.2, 0.25) is 0 Å². The molecule has 3 aromatic rings. The molecule has 3 aromatic carbocycles. The Morgan fingerprint density at radius 1 is 1.00 bits per heavy atom. The molecule has 1 amide bonds. The van der Waals surface area contributed by atoms with Gasteiger partial charge in [0.15, 0.2) is 0 Å². The van der Waals surface area contributed by atoms with E-state index in [1.807, 2.05) is 0 Å². The first-order valence-electron chi connectivity index (χ1n) is 8.61. The molecule has 0 saturated carbocycles. The summed E-state index contributed by atoms with van der Waals surface area (Å²) < 4.78 is 5.27. The Balaban J connectivity index is 1.61. The van der Waals surface area contributed by atoms with Gasteiger partial charge in [0.05, 0.1) is 16.7 Å². The van der Waals surface area contributed by atoms with E-state index >= 15 is 0 Å². The Morgan fingerprint density at radius 3 is 2.33 bits per heavy atom. The molecule has 0 saturated heterocycles. The maximum Gasteiger partial charge on any atom is 0.343 e. The monoisotopic (exact) mass is 405 g/mol. The quantitative estimate of drug-likeness (QED) is 0.213. The third-order valence-corrected chi connectivity index (χ3v) is 3.89. The molecule has 0 spiro atoms. The Labute approximate surface area is 170 Å². The molecule has 0 aliphatic heterocycles. The summed E-state index contributed by atoms with van der Waals surface area (Å²) >= 11 is 0. The van der Waals surface area contributed by atoms with Crippen LogP contribution in [0.5, 0.6) is 11.5 Å². The van der Waals surface area contributed by atoms with Gasteiger partial charge in [0.1, 0.15) is 11.5 Å². The minimum absolute atomic E-state index is 0.0511. The second kappa shape index (κ2) is 9.11. The van der Waals surface area contributed by atoms with Gasteiger partial charge in [-0.15, -0.1) is 0 Å². The Morgan fingerprint density at radius 2 is 1.67 bits per heavy atom. The van der Waals surface area contributed by atoms with Crippen LogP contribution in [0, 0.1) is 10.1 Å². The van der Waals surface area contributed by atoms with Crippen molar-refractivity contribution in [2.24, 2.45) is 5.10 Å². The average Bonchev–Trinajstić information content (AvgIpc) is 2.74. The molecule has 0 aliphatic carbocycles. The van der Waals surface area contributed by atoms with Crippen molar-refractivity contribution in [1.29, 1.82) is 0 Å². The minimum atomic E-state index is -0.667. The lowest BCUT2D eigenvalue weighted by atomic mass is 10.2. The fourth-order valence-corrected chi connectivity index (χ4v) is 2.39. The second-order valence-electron chi connectivity index (χ2n) is 6.01. The Kier molecular flexibility index (Phi) is 6.14. The lowest BCUT2D eigenvalue weighted by Crippen LogP contribution is -2.17. The van der Waals surface area contributed by atoms with Gasteiger partial charge < -0.3 is 9.84 Å². The zero-order chi connectivity index (χ0) is 21.5. The number of aromatic hydroxyl groups is 1. The first-order valence-corrected chi connectivity index (χ1v) is 8.61. The summed E-state index contributed by atoms with van der Waals surface area (Å²) in [5, 5.41) is 23.8. The molecule has 30 heavy (non-hydrogen) atoms. The van der Waals surface area contributed by atoms with E-state index in [1.54, 1.807) is 24.3 Å². The van der Waals surface area contributed by atoms with Crippen molar-refractivity contribution in [2.75, 3.05) is 0 Å². The van der Waals surface area contributed by atoms with E-state index in [4.69, 9.17) is 4.74 Å². The molecule has 0 heterocycles. The van der Waals surface area contributed by atoms with Gasteiger partial charge in [-0.2, -0.15) is 5.10 Å². The second-order valence-corrected chi connectivity index (χ2v) is 6.01. The third-order valence-electron chi connectivity index (χ3n) is 3.89. The first-order chi connectivity index (χ1) is 14.4. The maximum absolute atomic E-state index is 12.2. The van der Waals surface area contributed by atoms with E-state index in [1.165, 1.54) is 54.7 Å². The largest absolute Gasteiger partial charge is 0.508 e. The van der Waals surface area contributed by atoms with Gasteiger partial charge in [-0.05, 0) is 54.1 Å². The SMILES string of the molecule is O=C(N/N=C/c1cccc(OC(=O)c2ccc([N+](=O)[O-])cc2)c1)c1ccc(O)cc1. The summed E-state index contributed by atoms with van der Waals surface area (Å²) in [7, 11) is 0. The number of carbonyl (C=O) groups excluding carboxylic acids is 2. The molecule has 9 heteroatoms. The lowest BCUT2D eigenvalue weighted by molar-refractivity contribution is -0.384. The van der Waals surface area contributed by atoms with E-state index in [-0.39, 0.29) is 22.7 Å². The van der Waals surface area contributed by atoms with E-state index in [0.717, 1.165) is 0 Å². The van der Waals surface area contributed by atoms with Crippen LogP contribution in [0.25, 0.3) is 0 Å². The van der Waals surface area contributed by atoms with E-state index in [9.17, 15) is 24.8 Å². The third kappa shape index (κ3) is 5.26. The number of carbonyl (C=O) groups is 2. The number of non-ortho nitro benzene ring substituents is 1. The van der Waals surface area contributed by atoms with Crippen LogP contribution in [-0.4, -0.2) is 28.1 Å². The highest BCUT2D eigenvalue weighted by atomic mass is 16.6. The van der Waals surface area contributed by atoms with E-state index in [0.29, 0.717) is 11.1 Å². The molecule has 0 unspecified atom stereocenters. The number of hydrogen-bond donors (Lipinski definition) is 2. The number of ether oxygens (including phenoxy) is 1. The Hall–Kier alpha value is -4.53. The lowest BCUT2D eigenvalue weighted by Gasteiger charge is -2.05. The molecule has 0 atom stereocenters. The predicted molar refractivity (Wildman–Crippen MR) is 108 cm³/mol. The van der Waals surface area contributed by atoms with Crippen LogP contribution in [-0.2, 0) is 0 Å². The number of rotatable bonds is 6. The Bertz CT molecular complexity index is 1110. The van der Waals surface area contributed by atoms with Gasteiger partial charge in [0, 0.05) is 17.7 Å². The molecule has 0 bridgehead atoms. The number of hydrogen-bond acceptors (Lipinski definition) is 7. The highest BCUT2D eigenvalue weighted by molar-refractivity contribution is 5.95. The zero-order valence-electron chi connectivity index (χ0n) is 15.4. The van der Waals surface area contributed by atoms with Crippen LogP contribution in [0.15, 0.2) is 77.9 Å². The number of amides is 1. The summed E-state index contributed by atoms with van der Waals surface area (Å²) in [5.41, 5.74) is 3.29. The van der Waals surface area contributed by atoms with Crippen molar-refractivity contribution in [3.8, 4) is 11.5 Å². The molecular formula is C21H15N3O6. The fourth-order valence-electron chi connectivity index (χ4n) is 2.39. The molecule has 2 N–H and O–H groups in total. The zero-order valence-corrected chi connectivity index (χ0v) is 15.4. The van der Waals surface area contributed by atoms with Gasteiger partial charge in [-0.3, -0.25) is 14.9 Å². The number of hydrazone groups is 1. The van der Waals surface area contributed by atoms with Crippen LogP contribution < -0.4 is 10.2 Å². The van der Waals surface area contributed by atoms with Crippen molar-refractivity contribution >= 4 is 23.8 Å². The average molecular weight is 405 g/mol. The smallest absolute Gasteiger partial charge is 0.343 e. The fraction of sp³-hybridized carbons (Fsp3) is 0. The van der Waals surface area contributed by atoms with Crippen molar-refractivity contribution in [3.05, 3.63) is 99.6 Å². The summed E-state index contributed by atoms with van der Waals surface area (Å²) in [4.78, 5) is 34.3. The van der Waals surface area contributed by atoms with Gasteiger partial charge >= 0.3 is 5.97 Å². The standard InChI is InChI=1S/C21H15N3O6/c25-18-10-6-15(7-11-18)20(26)23-22-13-14-2-1-3-19(12-14)30-21(27)16-4-8-17(9-5-16)24(28)29/h1-13,25H,(H,23,26)/b22-13+. The number of phenols is 1. The minimum Gasteiger partial charge on any atom is -0.508 e. The van der Waals surface area contributed by atoms with Crippen LogP contribution in [0.4, 0.5) is 5.69 Å². The van der Waals surface area contributed by atoms with Crippen molar-refractivity contribution < 1.29 is 24.4 Å². The van der Waals surface area contributed by atoms with E-state index < -0.39 is 16.8 Å². The number of nitro groups is 1. The van der Waals surface area contributed by atoms with Crippen molar-refractivity contribution in [3.63, 3.8) is 0 Å². The number of benzene rings is 3. The van der Waals surface area contributed by atoms with E-state index in [2.05, 4.69) is 10.5 Å². The molecule has 3 rings (SSSR count). The summed E-state index contributed by atoms with van der Waals surface area (Å²) in [6.45, 7) is 0. The van der Waals surface area contributed by atoms with Gasteiger partial charge in [-0.25, -0.2) is 10.2 Å². The number of nitrogens with one attached hydrogen (secondary N) is 1. The van der Waals surface area contributed by atoms with Crippen LogP contribution >= 0.6 is 0 Å². The van der Waals surface area contributed by atoms with Crippen molar-refractivity contribution in [2.45, 2.75) is 0 Å². The van der Waals surface area contributed by atoms with Crippen molar-refractivity contribution in [1.82, 2.24) is 5.43 Å². The maximum atomic E-state index is 12.2. The molecule has 150 valence electrons. The first kappa shape index (κ1) is 20.2.